The van der Waals surface area contributed by atoms with Gasteiger partial charge in [0.15, 0.2) is 0 Å². The summed E-state index contributed by atoms with van der Waals surface area (Å²) in [5.74, 6) is -0.443. The molecule has 146 valence electrons. The number of ether oxygens (including phenoxy) is 1. The van der Waals surface area contributed by atoms with E-state index in [4.69, 9.17) is 4.74 Å². The van der Waals surface area contributed by atoms with E-state index < -0.39 is 5.97 Å². The van der Waals surface area contributed by atoms with E-state index in [0.29, 0.717) is 16.9 Å². The Labute approximate surface area is 167 Å². The normalized spacial score (nSPS) is 11.1. The first kappa shape index (κ1) is 18.8. The second-order valence-electron chi connectivity index (χ2n) is 7.03. The minimum Gasteiger partial charge on any atom is -0.456 e. The second kappa shape index (κ2) is 7.47. The minimum atomic E-state index is -0.443. The highest BCUT2D eigenvalue weighted by Crippen LogP contribution is 2.24. The highest BCUT2D eigenvalue weighted by atomic mass is 16.5. The summed E-state index contributed by atoms with van der Waals surface area (Å²) >= 11 is 0. The van der Waals surface area contributed by atoms with Crippen molar-refractivity contribution in [1.82, 2.24) is 14.4 Å². The van der Waals surface area contributed by atoms with E-state index in [2.05, 4.69) is 9.97 Å². The minimum absolute atomic E-state index is 0.0734. The number of fused-ring (bicyclic) bond motifs is 2. The average Bonchev–Trinajstić information content (AvgIpc) is 2.72. The molecule has 0 radical (unpaired) electrons. The van der Waals surface area contributed by atoms with E-state index in [1.54, 1.807) is 12.3 Å². The van der Waals surface area contributed by atoms with E-state index >= 15 is 0 Å². The first-order valence-corrected chi connectivity index (χ1v) is 9.52. The quantitative estimate of drug-likeness (QED) is 0.498. The van der Waals surface area contributed by atoms with Gasteiger partial charge in [0.25, 0.3) is 5.56 Å². The second-order valence-corrected chi connectivity index (χ2v) is 7.03. The molecular weight excluding hydrogens is 366 g/mol. The Morgan fingerprint density at radius 3 is 2.69 bits per heavy atom. The summed E-state index contributed by atoms with van der Waals surface area (Å²) in [5, 5.41) is 0.759. The van der Waals surface area contributed by atoms with E-state index in [-0.39, 0.29) is 12.2 Å². The lowest BCUT2D eigenvalue weighted by atomic mass is 10.0. The van der Waals surface area contributed by atoms with Crippen molar-refractivity contribution in [3.05, 3.63) is 87.1 Å². The fourth-order valence-electron chi connectivity index (χ4n) is 3.51. The molecule has 6 heteroatoms. The van der Waals surface area contributed by atoms with Crippen LogP contribution in [-0.2, 0) is 17.8 Å². The molecule has 0 amide bonds. The zero-order valence-corrected chi connectivity index (χ0v) is 16.6. The van der Waals surface area contributed by atoms with Gasteiger partial charge in [0.2, 0.25) is 0 Å². The maximum Gasteiger partial charge on any atom is 0.339 e. The Balaban J connectivity index is 1.67. The summed E-state index contributed by atoms with van der Waals surface area (Å²) in [6.07, 6.45) is 2.46. The molecule has 0 fully saturated rings. The SMILES string of the molecule is CCc1nc2ccccc2c(C(=O)OCc2cc(=O)n3cc(C)ccc3n2)c1C. The van der Waals surface area contributed by atoms with Gasteiger partial charge < -0.3 is 4.74 Å². The van der Waals surface area contributed by atoms with Gasteiger partial charge in [-0.3, -0.25) is 14.2 Å². The van der Waals surface area contributed by atoms with Crippen molar-refractivity contribution in [2.24, 2.45) is 0 Å². The molecule has 0 atom stereocenters. The molecule has 0 bridgehead atoms. The number of hydrogen-bond donors (Lipinski definition) is 0. The van der Waals surface area contributed by atoms with E-state index in [0.717, 1.165) is 34.1 Å². The summed E-state index contributed by atoms with van der Waals surface area (Å²) < 4.78 is 7.03. The Morgan fingerprint density at radius 2 is 1.90 bits per heavy atom. The molecule has 3 aromatic heterocycles. The van der Waals surface area contributed by atoms with Gasteiger partial charge in [0.05, 0.1) is 16.8 Å². The van der Waals surface area contributed by atoms with Crippen LogP contribution in [-0.4, -0.2) is 20.3 Å². The van der Waals surface area contributed by atoms with Gasteiger partial charge in [-0.1, -0.05) is 31.2 Å². The van der Waals surface area contributed by atoms with Crippen LogP contribution in [0.1, 0.15) is 39.8 Å². The van der Waals surface area contributed by atoms with E-state index in [1.807, 2.05) is 51.1 Å². The molecule has 4 aromatic rings. The third-order valence-electron chi connectivity index (χ3n) is 4.99. The average molecular weight is 387 g/mol. The highest BCUT2D eigenvalue weighted by Gasteiger charge is 2.19. The standard InChI is InChI=1S/C23H21N3O3/c1-4-18-15(3)22(17-7-5-6-8-19(17)25-18)23(28)29-13-16-11-21(27)26-12-14(2)9-10-20(26)24-16/h5-12H,4,13H2,1-3H3. The smallest absolute Gasteiger partial charge is 0.339 e. The first-order chi connectivity index (χ1) is 14.0. The summed E-state index contributed by atoms with van der Waals surface area (Å²) in [7, 11) is 0. The van der Waals surface area contributed by atoms with Crippen molar-refractivity contribution in [3.63, 3.8) is 0 Å². The molecule has 0 aliphatic carbocycles. The van der Waals surface area contributed by atoms with Crippen LogP contribution in [0.3, 0.4) is 0 Å². The van der Waals surface area contributed by atoms with Gasteiger partial charge in [-0.25, -0.2) is 9.78 Å². The topological polar surface area (TPSA) is 73.6 Å². The molecule has 6 nitrogen and oxygen atoms in total. The number of aromatic nitrogens is 3. The molecule has 0 aliphatic heterocycles. The van der Waals surface area contributed by atoms with Crippen LogP contribution >= 0.6 is 0 Å². The molecule has 3 heterocycles. The summed E-state index contributed by atoms with van der Waals surface area (Å²) in [6, 6.07) is 12.6. The van der Waals surface area contributed by atoms with E-state index in [9.17, 15) is 9.59 Å². The summed E-state index contributed by atoms with van der Waals surface area (Å²) in [5.41, 5.74) is 4.66. The Bertz CT molecular complexity index is 1310. The van der Waals surface area contributed by atoms with Crippen LogP contribution in [0.5, 0.6) is 0 Å². The molecule has 0 saturated heterocycles. The van der Waals surface area contributed by atoms with Gasteiger partial charge in [0, 0.05) is 23.3 Å². The molecule has 0 aliphatic rings. The first-order valence-electron chi connectivity index (χ1n) is 9.52. The van der Waals surface area contributed by atoms with Crippen LogP contribution < -0.4 is 5.56 Å². The van der Waals surface area contributed by atoms with Gasteiger partial charge in [0.1, 0.15) is 12.3 Å². The lowest BCUT2D eigenvalue weighted by molar-refractivity contribution is 0.0469. The molecule has 4 rings (SSSR count). The van der Waals surface area contributed by atoms with Crippen LogP contribution in [0.2, 0.25) is 0 Å². The monoisotopic (exact) mass is 387 g/mol. The maximum absolute atomic E-state index is 13.0. The molecule has 0 N–H and O–H groups in total. The Kier molecular flexibility index (Phi) is 4.84. The number of nitrogens with zero attached hydrogens (tertiary/aromatic N) is 3. The van der Waals surface area contributed by atoms with Crippen molar-refractivity contribution in [3.8, 4) is 0 Å². The van der Waals surface area contributed by atoms with Gasteiger partial charge in [-0.15, -0.1) is 0 Å². The highest BCUT2D eigenvalue weighted by molar-refractivity contribution is 6.04. The zero-order chi connectivity index (χ0) is 20.5. The molecular formula is C23H21N3O3. The summed E-state index contributed by atoms with van der Waals surface area (Å²) in [4.78, 5) is 34.4. The number of benzene rings is 1. The number of hydrogen-bond acceptors (Lipinski definition) is 5. The predicted octanol–water partition coefficient (Wildman–Crippen LogP) is 3.78. The Hall–Kier alpha value is -3.54. The third kappa shape index (κ3) is 3.49. The van der Waals surface area contributed by atoms with E-state index in [1.165, 1.54) is 10.5 Å². The van der Waals surface area contributed by atoms with Gasteiger partial charge >= 0.3 is 5.97 Å². The maximum atomic E-state index is 13.0. The fraction of sp³-hybridized carbons (Fsp3) is 0.217. The van der Waals surface area contributed by atoms with Crippen LogP contribution in [0.15, 0.2) is 53.5 Å². The molecule has 1 aromatic carbocycles. The van der Waals surface area contributed by atoms with Crippen molar-refractivity contribution < 1.29 is 9.53 Å². The number of carbonyl (C=O) groups excluding carboxylic acids is 1. The number of esters is 1. The van der Waals surface area contributed by atoms with Crippen LogP contribution in [0, 0.1) is 13.8 Å². The van der Waals surface area contributed by atoms with Crippen LogP contribution in [0.25, 0.3) is 16.6 Å². The number of rotatable bonds is 4. The zero-order valence-electron chi connectivity index (χ0n) is 16.6. The van der Waals surface area contributed by atoms with Crippen molar-refractivity contribution >= 4 is 22.5 Å². The largest absolute Gasteiger partial charge is 0.456 e. The lowest BCUT2D eigenvalue weighted by Gasteiger charge is -2.13. The lowest BCUT2D eigenvalue weighted by Crippen LogP contribution is -2.17. The fourth-order valence-corrected chi connectivity index (χ4v) is 3.51. The molecule has 29 heavy (non-hydrogen) atoms. The molecule has 0 unspecified atom stereocenters. The van der Waals surface area contributed by atoms with Crippen molar-refractivity contribution in [1.29, 1.82) is 0 Å². The number of aryl methyl sites for hydroxylation is 2. The number of carbonyl (C=O) groups is 1. The Morgan fingerprint density at radius 1 is 1.10 bits per heavy atom. The number of pyridine rings is 2. The molecule has 0 saturated carbocycles. The third-order valence-corrected chi connectivity index (χ3v) is 4.99. The predicted molar refractivity (Wildman–Crippen MR) is 111 cm³/mol. The van der Waals surface area contributed by atoms with Gasteiger partial charge in [-0.05, 0) is 43.5 Å². The van der Waals surface area contributed by atoms with Crippen molar-refractivity contribution in [2.45, 2.75) is 33.8 Å². The number of para-hydroxylation sites is 1. The van der Waals surface area contributed by atoms with Crippen LogP contribution in [0.4, 0.5) is 0 Å². The molecule has 0 spiro atoms. The summed E-state index contributed by atoms with van der Waals surface area (Å²) in [6.45, 7) is 5.73. The van der Waals surface area contributed by atoms with Crippen molar-refractivity contribution in [2.75, 3.05) is 0 Å². The van der Waals surface area contributed by atoms with Gasteiger partial charge in [-0.2, -0.15) is 0 Å².